The van der Waals surface area contributed by atoms with Gasteiger partial charge in [-0.3, -0.25) is 4.90 Å². The number of ether oxygens (including phenoxy) is 2. The third kappa shape index (κ3) is 5.90. The van der Waals surface area contributed by atoms with Crippen molar-refractivity contribution in [1.29, 1.82) is 0 Å². The summed E-state index contributed by atoms with van der Waals surface area (Å²) in [7, 11) is 0. The lowest BCUT2D eigenvalue weighted by atomic mass is 9.90. The summed E-state index contributed by atoms with van der Waals surface area (Å²) >= 11 is 0. The first-order valence-corrected chi connectivity index (χ1v) is 7.41. The van der Waals surface area contributed by atoms with Gasteiger partial charge in [-0.25, -0.2) is 9.59 Å². The van der Waals surface area contributed by atoms with Gasteiger partial charge in [0.2, 0.25) is 0 Å². The Hall–Kier alpha value is -1.10. The van der Waals surface area contributed by atoms with Crippen LogP contribution in [0.5, 0.6) is 0 Å². The first kappa shape index (κ1) is 17.0. The lowest BCUT2D eigenvalue weighted by Gasteiger charge is -2.27. The molecule has 0 aromatic rings. The Kier molecular flexibility index (Phi) is 6.46. The molecule has 1 atom stereocenters. The van der Waals surface area contributed by atoms with Gasteiger partial charge in [-0.15, -0.1) is 0 Å². The molecule has 5 heteroatoms. The maximum absolute atomic E-state index is 11.6. The Morgan fingerprint density at radius 3 is 2.25 bits per heavy atom. The fourth-order valence-electron chi connectivity index (χ4n) is 1.89. The first-order valence-electron chi connectivity index (χ1n) is 7.41. The normalized spacial score (nSPS) is 18.4. The van der Waals surface area contributed by atoms with Crippen molar-refractivity contribution >= 4 is 11.9 Å². The van der Waals surface area contributed by atoms with Crippen LogP contribution in [0.2, 0.25) is 0 Å². The van der Waals surface area contributed by atoms with E-state index >= 15 is 0 Å². The van der Waals surface area contributed by atoms with Gasteiger partial charge in [0.1, 0.15) is 12.7 Å². The Morgan fingerprint density at radius 1 is 1.10 bits per heavy atom. The van der Waals surface area contributed by atoms with Crippen molar-refractivity contribution in [3.05, 3.63) is 0 Å². The van der Waals surface area contributed by atoms with Crippen LogP contribution in [0.4, 0.5) is 0 Å². The minimum Gasteiger partial charge on any atom is -0.456 e. The molecular formula is C15H27NO4. The minimum atomic E-state index is -0.897. The molecule has 1 aliphatic heterocycles. The van der Waals surface area contributed by atoms with E-state index in [0.29, 0.717) is 6.54 Å². The molecule has 5 nitrogen and oxygen atoms in total. The third-order valence-corrected chi connectivity index (χ3v) is 3.76. The average molecular weight is 285 g/mol. The topological polar surface area (TPSA) is 55.8 Å². The molecule has 1 fully saturated rings. The monoisotopic (exact) mass is 285 g/mol. The van der Waals surface area contributed by atoms with E-state index in [9.17, 15) is 9.59 Å². The highest BCUT2D eigenvalue weighted by molar-refractivity contribution is 6.29. The number of nitrogens with zero attached hydrogens (tertiary/aromatic N) is 1. The predicted octanol–water partition coefficient (Wildman–Crippen LogP) is 1.99. The van der Waals surface area contributed by atoms with Crippen molar-refractivity contribution in [3.63, 3.8) is 0 Å². The highest BCUT2D eigenvalue weighted by Crippen LogP contribution is 2.21. The maximum atomic E-state index is 11.6. The van der Waals surface area contributed by atoms with E-state index in [2.05, 4.69) is 4.90 Å². The number of carbonyl (C=O) groups excluding carboxylic acids is 2. The molecule has 1 aliphatic rings. The molecule has 1 heterocycles. The Bertz CT molecular complexity index is 329. The van der Waals surface area contributed by atoms with Gasteiger partial charge in [-0.2, -0.15) is 0 Å². The summed E-state index contributed by atoms with van der Waals surface area (Å²) in [6, 6.07) is 0. The van der Waals surface area contributed by atoms with E-state index in [0.717, 1.165) is 13.1 Å². The molecule has 0 bridgehead atoms. The Morgan fingerprint density at radius 2 is 1.70 bits per heavy atom. The second-order valence-corrected chi connectivity index (χ2v) is 6.45. The second kappa shape index (κ2) is 7.62. The van der Waals surface area contributed by atoms with Crippen LogP contribution in [-0.2, 0) is 19.1 Å². The Balaban J connectivity index is 2.22. The number of hydrogen-bond donors (Lipinski definition) is 0. The van der Waals surface area contributed by atoms with Crippen molar-refractivity contribution in [2.45, 2.75) is 53.1 Å². The van der Waals surface area contributed by atoms with E-state index in [4.69, 9.17) is 9.47 Å². The van der Waals surface area contributed by atoms with Crippen LogP contribution < -0.4 is 0 Å². The van der Waals surface area contributed by atoms with Crippen molar-refractivity contribution in [3.8, 4) is 0 Å². The largest absolute Gasteiger partial charge is 0.456 e. The zero-order chi connectivity index (χ0) is 15.2. The number of esters is 2. The molecule has 0 aromatic heterocycles. The zero-order valence-electron chi connectivity index (χ0n) is 13.1. The van der Waals surface area contributed by atoms with Crippen LogP contribution in [0.15, 0.2) is 0 Å². The molecule has 0 unspecified atom stereocenters. The zero-order valence-corrected chi connectivity index (χ0v) is 13.1. The minimum absolute atomic E-state index is 0.191. The maximum Gasteiger partial charge on any atom is 0.417 e. The molecule has 0 aromatic carbocycles. The average Bonchev–Trinajstić information content (AvgIpc) is 2.38. The molecule has 116 valence electrons. The number of hydrogen-bond acceptors (Lipinski definition) is 5. The van der Waals surface area contributed by atoms with Gasteiger partial charge in [0, 0.05) is 6.54 Å². The quantitative estimate of drug-likeness (QED) is 0.584. The Labute approximate surface area is 121 Å². The summed E-state index contributed by atoms with van der Waals surface area (Å²) in [5.41, 5.74) is -0.191. The van der Waals surface area contributed by atoms with Crippen molar-refractivity contribution in [2.75, 3.05) is 26.2 Å². The number of rotatable bonds is 4. The van der Waals surface area contributed by atoms with E-state index in [1.807, 2.05) is 20.8 Å². The lowest BCUT2D eigenvalue weighted by Crippen LogP contribution is -2.35. The van der Waals surface area contributed by atoms with Crippen LogP contribution in [0, 0.1) is 5.41 Å². The summed E-state index contributed by atoms with van der Waals surface area (Å²) in [6.45, 7) is 10.7. The van der Waals surface area contributed by atoms with Crippen LogP contribution in [0.25, 0.3) is 0 Å². The van der Waals surface area contributed by atoms with Crippen LogP contribution in [0.1, 0.15) is 47.0 Å². The van der Waals surface area contributed by atoms with Crippen molar-refractivity contribution in [2.24, 2.45) is 5.41 Å². The summed E-state index contributed by atoms with van der Waals surface area (Å²) in [6.07, 6.45) is 3.33. The fourth-order valence-corrected chi connectivity index (χ4v) is 1.89. The molecule has 1 rings (SSSR count). The molecule has 0 saturated carbocycles. The summed E-state index contributed by atoms with van der Waals surface area (Å²) < 4.78 is 10.1. The standard InChI is InChI=1S/C15H27NO4/c1-12(15(2,3)4)20-14(18)13(17)19-11-10-16-8-6-5-7-9-16/h12H,5-11H2,1-4H3/t12-/m1/s1. The van der Waals surface area contributed by atoms with Gasteiger partial charge in [-0.05, 0) is 38.3 Å². The van der Waals surface area contributed by atoms with Gasteiger partial charge in [0.05, 0.1) is 0 Å². The van der Waals surface area contributed by atoms with Gasteiger partial charge >= 0.3 is 11.9 Å². The third-order valence-electron chi connectivity index (χ3n) is 3.76. The molecule has 0 N–H and O–H groups in total. The highest BCUT2D eigenvalue weighted by atomic mass is 16.6. The molecule has 0 amide bonds. The van der Waals surface area contributed by atoms with E-state index < -0.39 is 11.9 Å². The number of likely N-dealkylation sites (tertiary alicyclic amines) is 1. The van der Waals surface area contributed by atoms with Crippen molar-refractivity contribution in [1.82, 2.24) is 4.90 Å². The molecule has 20 heavy (non-hydrogen) atoms. The SMILES string of the molecule is C[C@@H](OC(=O)C(=O)OCCN1CCCCC1)C(C)(C)C. The van der Waals surface area contributed by atoms with Crippen molar-refractivity contribution < 1.29 is 19.1 Å². The molecular weight excluding hydrogens is 258 g/mol. The summed E-state index contributed by atoms with van der Waals surface area (Å²) in [4.78, 5) is 25.4. The van der Waals surface area contributed by atoms with E-state index in [1.165, 1.54) is 19.3 Å². The molecule has 0 radical (unpaired) electrons. The smallest absolute Gasteiger partial charge is 0.417 e. The predicted molar refractivity (Wildman–Crippen MR) is 76.3 cm³/mol. The van der Waals surface area contributed by atoms with Gasteiger partial charge in [-0.1, -0.05) is 27.2 Å². The van der Waals surface area contributed by atoms with Crippen LogP contribution in [-0.4, -0.2) is 49.2 Å². The molecule has 0 spiro atoms. The van der Waals surface area contributed by atoms with Crippen LogP contribution >= 0.6 is 0 Å². The van der Waals surface area contributed by atoms with Gasteiger partial charge < -0.3 is 9.47 Å². The fraction of sp³-hybridized carbons (Fsp3) is 0.867. The summed E-state index contributed by atoms with van der Waals surface area (Å²) in [5, 5.41) is 0. The van der Waals surface area contributed by atoms with Gasteiger partial charge in [0.25, 0.3) is 0 Å². The first-order chi connectivity index (χ1) is 9.30. The number of piperidine rings is 1. The van der Waals surface area contributed by atoms with Gasteiger partial charge in [0.15, 0.2) is 0 Å². The summed E-state index contributed by atoms with van der Waals surface area (Å²) in [5.74, 6) is -1.79. The van der Waals surface area contributed by atoms with E-state index in [-0.39, 0.29) is 18.1 Å². The highest BCUT2D eigenvalue weighted by Gasteiger charge is 2.27. The molecule has 1 saturated heterocycles. The lowest BCUT2D eigenvalue weighted by molar-refractivity contribution is -0.173. The number of carbonyl (C=O) groups is 2. The van der Waals surface area contributed by atoms with E-state index in [1.54, 1.807) is 6.92 Å². The van der Waals surface area contributed by atoms with Crippen LogP contribution in [0.3, 0.4) is 0 Å². The second-order valence-electron chi connectivity index (χ2n) is 6.45. The molecule has 0 aliphatic carbocycles.